The molecule has 1 aromatic heterocycles. The standard InChI is InChI=1S/C43H30N2/c1-5-16-31(17-6-1)43(32-18-7-2-8-19-32)38-25-13-14-27-41(38)45-40-29-28-35(30-37(40)36-24-15-26-39(43)42(36)45)44(33-20-9-3-10-21-33)34-22-11-4-12-23-34/h1-30H. The maximum atomic E-state index is 2.50. The lowest BCUT2D eigenvalue weighted by molar-refractivity contribution is 0.728. The van der Waals surface area contributed by atoms with Gasteiger partial charge in [0.25, 0.3) is 0 Å². The lowest BCUT2D eigenvalue weighted by Gasteiger charge is -2.41. The quantitative estimate of drug-likeness (QED) is 0.198. The van der Waals surface area contributed by atoms with Crippen LogP contribution in [0, 0.1) is 0 Å². The molecule has 212 valence electrons. The van der Waals surface area contributed by atoms with Crippen molar-refractivity contribution in [3.63, 3.8) is 0 Å². The van der Waals surface area contributed by atoms with E-state index in [4.69, 9.17) is 0 Å². The van der Waals surface area contributed by atoms with Gasteiger partial charge in [0.15, 0.2) is 0 Å². The highest BCUT2D eigenvalue weighted by atomic mass is 15.1. The molecule has 0 radical (unpaired) electrons. The number of aromatic nitrogens is 1. The van der Waals surface area contributed by atoms with Crippen molar-refractivity contribution in [2.75, 3.05) is 4.90 Å². The number of hydrogen-bond acceptors (Lipinski definition) is 1. The summed E-state index contributed by atoms with van der Waals surface area (Å²) in [4.78, 5) is 2.35. The second-order valence-corrected chi connectivity index (χ2v) is 11.7. The van der Waals surface area contributed by atoms with Gasteiger partial charge in [-0.25, -0.2) is 0 Å². The number of fused-ring (bicyclic) bond motifs is 5. The molecule has 2 nitrogen and oxygen atoms in total. The predicted molar refractivity (Wildman–Crippen MR) is 187 cm³/mol. The van der Waals surface area contributed by atoms with Gasteiger partial charge in [0, 0.05) is 27.8 Å². The molecule has 7 aromatic carbocycles. The Kier molecular flexibility index (Phi) is 5.76. The summed E-state index contributed by atoms with van der Waals surface area (Å²) in [6.45, 7) is 0. The first-order chi connectivity index (χ1) is 22.4. The van der Waals surface area contributed by atoms with Crippen molar-refractivity contribution in [2.24, 2.45) is 0 Å². The van der Waals surface area contributed by atoms with Gasteiger partial charge in [-0.15, -0.1) is 0 Å². The number of rotatable bonds is 5. The van der Waals surface area contributed by atoms with Crippen LogP contribution >= 0.6 is 0 Å². The maximum absolute atomic E-state index is 2.50. The van der Waals surface area contributed by atoms with Gasteiger partial charge in [0.05, 0.1) is 22.1 Å². The molecular formula is C43H30N2. The topological polar surface area (TPSA) is 8.17 Å². The second kappa shape index (κ2) is 10.1. The average molecular weight is 575 g/mol. The molecule has 0 fully saturated rings. The van der Waals surface area contributed by atoms with Crippen molar-refractivity contribution in [3.05, 3.63) is 204 Å². The molecule has 0 N–H and O–H groups in total. The number of hydrogen-bond donors (Lipinski definition) is 0. The van der Waals surface area contributed by atoms with E-state index in [9.17, 15) is 0 Å². The first-order valence-corrected chi connectivity index (χ1v) is 15.5. The molecule has 0 saturated carbocycles. The zero-order valence-corrected chi connectivity index (χ0v) is 24.7. The minimum Gasteiger partial charge on any atom is -0.310 e. The molecule has 0 amide bonds. The Morgan fingerprint density at radius 3 is 1.56 bits per heavy atom. The highest BCUT2D eigenvalue weighted by molar-refractivity contribution is 6.13. The van der Waals surface area contributed by atoms with Gasteiger partial charge in [0.2, 0.25) is 0 Å². The Bertz CT molecular complexity index is 2220. The van der Waals surface area contributed by atoms with Crippen LogP contribution in [0.1, 0.15) is 22.3 Å². The van der Waals surface area contributed by atoms with E-state index in [1.807, 2.05) is 0 Å². The van der Waals surface area contributed by atoms with Crippen LogP contribution < -0.4 is 4.90 Å². The van der Waals surface area contributed by atoms with E-state index in [1.165, 1.54) is 49.7 Å². The van der Waals surface area contributed by atoms with E-state index in [0.717, 1.165) is 17.1 Å². The third kappa shape index (κ3) is 3.69. The summed E-state index contributed by atoms with van der Waals surface area (Å²) < 4.78 is 2.50. The third-order valence-electron chi connectivity index (χ3n) is 9.42. The van der Waals surface area contributed by atoms with Crippen LogP contribution in [0.4, 0.5) is 17.1 Å². The molecule has 8 aromatic rings. The Labute approximate surface area is 263 Å². The fraction of sp³-hybridized carbons (Fsp3) is 0.0233. The zero-order chi connectivity index (χ0) is 29.8. The van der Waals surface area contributed by atoms with Crippen LogP contribution in [-0.4, -0.2) is 4.57 Å². The Balaban J connectivity index is 1.39. The number of nitrogens with zero attached hydrogens (tertiary/aromatic N) is 2. The minimum atomic E-state index is -0.466. The average Bonchev–Trinajstić information content (AvgIpc) is 3.45. The van der Waals surface area contributed by atoms with E-state index in [1.54, 1.807) is 0 Å². The largest absolute Gasteiger partial charge is 0.310 e. The molecule has 2 heteroatoms. The van der Waals surface area contributed by atoms with Crippen LogP contribution in [-0.2, 0) is 5.41 Å². The van der Waals surface area contributed by atoms with E-state index in [2.05, 4.69) is 191 Å². The van der Waals surface area contributed by atoms with E-state index < -0.39 is 5.41 Å². The molecular weight excluding hydrogens is 544 g/mol. The SMILES string of the molecule is c1ccc(N(c2ccccc2)c2ccc3c(c2)c2cccc4c2n3-c2ccccc2C4(c2ccccc2)c2ccccc2)cc1. The van der Waals surface area contributed by atoms with Gasteiger partial charge in [-0.2, -0.15) is 0 Å². The second-order valence-electron chi connectivity index (χ2n) is 11.7. The molecule has 9 rings (SSSR count). The van der Waals surface area contributed by atoms with Gasteiger partial charge >= 0.3 is 0 Å². The predicted octanol–water partition coefficient (Wildman–Crippen LogP) is 10.9. The van der Waals surface area contributed by atoms with Crippen molar-refractivity contribution < 1.29 is 0 Å². The zero-order valence-electron chi connectivity index (χ0n) is 24.7. The fourth-order valence-corrected chi connectivity index (χ4v) is 7.65. The van der Waals surface area contributed by atoms with Crippen molar-refractivity contribution >= 4 is 38.9 Å². The first kappa shape index (κ1) is 25.6. The third-order valence-corrected chi connectivity index (χ3v) is 9.42. The fourth-order valence-electron chi connectivity index (χ4n) is 7.65. The Morgan fingerprint density at radius 2 is 0.933 bits per heavy atom. The highest BCUT2D eigenvalue weighted by Crippen LogP contribution is 2.54. The molecule has 0 unspecified atom stereocenters. The molecule has 0 atom stereocenters. The summed E-state index contributed by atoms with van der Waals surface area (Å²) in [5, 5.41) is 2.50. The van der Waals surface area contributed by atoms with Crippen LogP contribution in [0.5, 0.6) is 0 Å². The molecule has 45 heavy (non-hydrogen) atoms. The summed E-state index contributed by atoms with van der Waals surface area (Å²) in [6.07, 6.45) is 0. The van der Waals surface area contributed by atoms with Gasteiger partial charge in [-0.05, 0) is 70.8 Å². The normalized spacial score (nSPS) is 13.1. The van der Waals surface area contributed by atoms with Gasteiger partial charge in [0.1, 0.15) is 0 Å². The number of benzene rings is 7. The molecule has 0 saturated heterocycles. The van der Waals surface area contributed by atoms with E-state index in [-0.39, 0.29) is 0 Å². The van der Waals surface area contributed by atoms with Gasteiger partial charge < -0.3 is 9.47 Å². The van der Waals surface area contributed by atoms with Crippen LogP contribution in [0.2, 0.25) is 0 Å². The summed E-state index contributed by atoms with van der Waals surface area (Å²) in [5.41, 5.74) is 11.8. The molecule has 1 aliphatic rings. The molecule has 0 aliphatic carbocycles. The van der Waals surface area contributed by atoms with Gasteiger partial charge in [-0.1, -0.05) is 133 Å². The first-order valence-electron chi connectivity index (χ1n) is 15.5. The summed E-state index contributed by atoms with van der Waals surface area (Å²) in [7, 11) is 0. The van der Waals surface area contributed by atoms with Crippen LogP contribution in [0.15, 0.2) is 182 Å². The van der Waals surface area contributed by atoms with Crippen LogP contribution in [0.25, 0.3) is 27.5 Å². The van der Waals surface area contributed by atoms with E-state index in [0.29, 0.717) is 0 Å². The number of anilines is 3. The lowest BCUT2D eigenvalue weighted by Crippen LogP contribution is -2.35. The summed E-state index contributed by atoms with van der Waals surface area (Å²) >= 11 is 0. The highest BCUT2D eigenvalue weighted by Gasteiger charge is 2.45. The van der Waals surface area contributed by atoms with E-state index >= 15 is 0 Å². The monoisotopic (exact) mass is 574 g/mol. The Hall–Kier alpha value is -5.86. The number of para-hydroxylation sites is 4. The van der Waals surface area contributed by atoms with Crippen molar-refractivity contribution in [1.82, 2.24) is 4.57 Å². The van der Waals surface area contributed by atoms with Gasteiger partial charge in [-0.3, -0.25) is 0 Å². The molecule has 0 spiro atoms. The molecule has 2 heterocycles. The minimum absolute atomic E-state index is 0.466. The Morgan fingerprint density at radius 1 is 0.400 bits per heavy atom. The van der Waals surface area contributed by atoms with Crippen molar-refractivity contribution in [3.8, 4) is 5.69 Å². The lowest BCUT2D eigenvalue weighted by atomic mass is 9.63. The smallest absolute Gasteiger partial charge is 0.0742 e. The molecule has 0 bridgehead atoms. The maximum Gasteiger partial charge on any atom is 0.0742 e. The van der Waals surface area contributed by atoms with Crippen molar-refractivity contribution in [1.29, 1.82) is 0 Å². The molecule has 1 aliphatic heterocycles. The summed E-state index contributed by atoms with van der Waals surface area (Å²) in [6, 6.07) is 66.1. The van der Waals surface area contributed by atoms with Crippen LogP contribution in [0.3, 0.4) is 0 Å². The summed E-state index contributed by atoms with van der Waals surface area (Å²) in [5.74, 6) is 0. The van der Waals surface area contributed by atoms with Crippen molar-refractivity contribution in [2.45, 2.75) is 5.41 Å².